The summed E-state index contributed by atoms with van der Waals surface area (Å²) in [6.45, 7) is 1.57. The molecule has 2 unspecified atom stereocenters. The number of hydrogen-bond acceptors (Lipinski definition) is 5. The van der Waals surface area contributed by atoms with E-state index < -0.39 is 35.2 Å². The van der Waals surface area contributed by atoms with Crippen LogP contribution in [0.25, 0.3) is 0 Å². The van der Waals surface area contributed by atoms with E-state index in [2.05, 4.69) is 5.32 Å². The van der Waals surface area contributed by atoms with Crippen LogP contribution in [0.3, 0.4) is 0 Å². The number of carboxylic acids is 1. The van der Waals surface area contributed by atoms with E-state index in [0.717, 1.165) is 0 Å². The standard InChI is InChI=1S/C18H18N2O5S/c1-2-6-11-10-26-17-14(16(22)20(17)15(11)18(23)24)19-13(21)9-25-12-7-4-3-5-8-12/h2-8,10,14-15,17H,9H2,1H3,(H,19,21)(H,23,24)/b6-2-/t14?,15?,17-/m1/s1. The third-order valence-electron chi connectivity index (χ3n) is 4.04. The maximum absolute atomic E-state index is 12.4. The number of fused-ring (bicyclic) bond motifs is 1. The largest absolute Gasteiger partial charge is 0.484 e. The van der Waals surface area contributed by atoms with Crippen LogP contribution < -0.4 is 10.1 Å². The monoisotopic (exact) mass is 374 g/mol. The lowest BCUT2D eigenvalue weighted by Gasteiger charge is -2.51. The molecule has 8 heteroatoms. The van der Waals surface area contributed by atoms with Crippen LogP contribution in [-0.4, -0.2) is 51.9 Å². The van der Waals surface area contributed by atoms with Gasteiger partial charge in [-0.15, -0.1) is 11.8 Å². The highest BCUT2D eigenvalue weighted by molar-refractivity contribution is 8.03. The van der Waals surface area contributed by atoms with Crippen molar-refractivity contribution < 1.29 is 24.2 Å². The van der Waals surface area contributed by atoms with E-state index in [1.807, 2.05) is 6.07 Å². The summed E-state index contributed by atoms with van der Waals surface area (Å²) in [5.41, 5.74) is 0.548. The minimum Gasteiger partial charge on any atom is -0.484 e. The van der Waals surface area contributed by atoms with Crippen LogP contribution in [0.15, 0.2) is 53.5 Å². The molecule has 0 saturated carbocycles. The number of nitrogens with zero attached hydrogens (tertiary/aromatic N) is 1. The molecule has 0 bridgehead atoms. The Hall–Kier alpha value is -2.74. The number of β-lactam (4-membered cyclic amide) rings is 1. The van der Waals surface area contributed by atoms with Gasteiger partial charge in [-0.1, -0.05) is 30.4 Å². The highest BCUT2D eigenvalue weighted by atomic mass is 32.2. The average Bonchev–Trinajstić information content (AvgIpc) is 2.65. The summed E-state index contributed by atoms with van der Waals surface area (Å²) < 4.78 is 5.36. The molecular weight excluding hydrogens is 356 g/mol. The summed E-state index contributed by atoms with van der Waals surface area (Å²) >= 11 is 1.32. The molecule has 1 aromatic carbocycles. The van der Waals surface area contributed by atoms with Crippen LogP contribution in [0.1, 0.15) is 6.92 Å². The van der Waals surface area contributed by atoms with Crippen LogP contribution in [-0.2, 0) is 14.4 Å². The van der Waals surface area contributed by atoms with Gasteiger partial charge in [0.15, 0.2) is 12.6 Å². The van der Waals surface area contributed by atoms with E-state index in [-0.39, 0.29) is 6.61 Å². The number of ether oxygens (including phenoxy) is 1. The van der Waals surface area contributed by atoms with Gasteiger partial charge in [-0.2, -0.15) is 0 Å². The zero-order valence-corrected chi connectivity index (χ0v) is 14.8. The highest BCUT2D eigenvalue weighted by Gasteiger charge is 2.55. The van der Waals surface area contributed by atoms with Gasteiger partial charge in [0.05, 0.1) is 0 Å². The predicted octanol–water partition coefficient (Wildman–Crippen LogP) is 1.38. The van der Waals surface area contributed by atoms with E-state index in [1.54, 1.807) is 48.7 Å². The third-order valence-corrected chi connectivity index (χ3v) is 5.23. The average molecular weight is 374 g/mol. The minimum absolute atomic E-state index is 0.215. The number of allylic oxidation sites excluding steroid dienone is 1. The zero-order valence-electron chi connectivity index (χ0n) is 14.0. The van der Waals surface area contributed by atoms with Crippen LogP contribution in [0.2, 0.25) is 0 Å². The fraction of sp³-hybridized carbons (Fsp3) is 0.278. The molecule has 2 heterocycles. The van der Waals surface area contributed by atoms with Gasteiger partial charge in [-0.25, -0.2) is 4.79 Å². The predicted molar refractivity (Wildman–Crippen MR) is 96.4 cm³/mol. The first-order valence-corrected chi connectivity index (χ1v) is 8.97. The van der Waals surface area contributed by atoms with Crippen molar-refractivity contribution in [2.45, 2.75) is 24.4 Å². The van der Waals surface area contributed by atoms with Crippen LogP contribution in [0.5, 0.6) is 5.75 Å². The van der Waals surface area contributed by atoms with Gasteiger partial charge in [0.25, 0.3) is 5.91 Å². The molecule has 1 fully saturated rings. The number of rotatable bonds is 6. The number of para-hydroxylation sites is 1. The molecule has 136 valence electrons. The Morgan fingerprint density at radius 2 is 2.08 bits per heavy atom. The Morgan fingerprint density at radius 1 is 1.35 bits per heavy atom. The number of carbonyl (C=O) groups is 3. The van der Waals surface area contributed by atoms with Gasteiger partial charge < -0.3 is 20.1 Å². The van der Waals surface area contributed by atoms with E-state index in [1.165, 1.54) is 16.7 Å². The third kappa shape index (κ3) is 3.45. The lowest BCUT2D eigenvalue weighted by Crippen LogP contribution is -2.74. The molecule has 2 aliphatic heterocycles. The normalized spacial score (nSPS) is 24.5. The smallest absolute Gasteiger partial charge is 0.331 e. The maximum atomic E-state index is 12.4. The van der Waals surface area contributed by atoms with Crippen LogP contribution in [0, 0.1) is 0 Å². The molecule has 3 atom stereocenters. The van der Waals surface area contributed by atoms with Crippen molar-refractivity contribution in [2.24, 2.45) is 0 Å². The number of nitrogens with one attached hydrogen (secondary N) is 1. The summed E-state index contributed by atoms with van der Waals surface area (Å²) in [5, 5.41) is 13.4. The minimum atomic E-state index is -1.09. The van der Waals surface area contributed by atoms with Crippen molar-refractivity contribution in [1.82, 2.24) is 10.2 Å². The molecule has 0 spiro atoms. The number of thioether (sulfide) groups is 1. The Morgan fingerprint density at radius 3 is 2.73 bits per heavy atom. The highest BCUT2D eigenvalue weighted by Crippen LogP contribution is 2.40. The number of benzene rings is 1. The first kappa shape index (κ1) is 18.1. The van der Waals surface area contributed by atoms with Gasteiger partial charge >= 0.3 is 5.97 Å². The van der Waals surface area contributed by atoms with E-state index in [9.17, 15) is 19.5 Å². The molecule has 2 aliphatic rings. The second kappa shape index (κ2) is 7.65. The van der Waals surface area contributed by atoms with Gasteiger partial charge in [0.2, 0.25) is 5.91 Å². The van der Waals surface area contributed by atoms with Crippen molar-refractivity contribution in [2.75, 3.05) is 6.61 Å². The first-order valence-electron chi connectivity index (χ1n) is 8.03. The molecule has 7 nitrogen and oxygen atoms in total. The number of carboxylic acid groups (broad SMARTS) is 1. The van der Waals surface area contributed by atoms with Crippen molar-refractivity contribution >= 4 is 29.5 Å². The maximum Gasteiger partial charge on any atom is 0.331 e. The first-order chi connectivity index (χ1) is 12.5. The van der Waals surface area contributed by atoms with Crippen molar-refractivity contribution in [1.29, 1.82) is 0 Å². The van der Waals surface area contributed by atoms with Crippen molar-refractivity contribution in [3.8, 4) is 5.75 Å². The zero-order chi connectivity index (χ0) is 18.7. The van der Waals surface area contributed by atoms with Gasteiger partial charge in [-0.05, 0) is 30.0 Å². The van der Waals surface area contributed by atoms with Crippen LogP contribution in [0.4, 0.5) is 0 Å². The van der Waals surface area contributed by atoms with Crippen molar-refractivity contribution in [3.05, 3.63) is 53.5 Å². The SMILES string of the molecule is C/C=C\C1=CS[C@@H]2C(NC(=O)COc3ccccc3)C(=O)N2C1C(=O)O. The van der Waals surface area contributed by atoms with Gasteiger partial charge in [-0.3, -0.25) is 9.59 Å². The number of amides is 2. The summed E-state index contributed by atoms with van der Waals surface area (Å²) in [6, 6.07) is 7.09. The Bertz CT molecular complexity index is 777. The number of aliphatic carboxylic acids is 1. The molecule has 2 amide bonds. The lowest BCUT2D eigenvalue weighted by molar-refractivity contribution is -0.160. The Balaban J connectivity index is 1.62. The van der Waals surface area contributed by atoms with Gasteiger partial charge in [0, 0.05) is 0 Å². The lowest BCUT2D eigenvalue weighted by atomic mass is 9.98. The second-order valence-electron chi connectivity index (χ2n) is 5.78. The molecule has 0 aliphatic carbocycles. The number of carbonyl (C=O) groups excluding carboxylic acids is 2. The summed E-state index contributed by atoms with van der Waals surface area (Å²) in [5.74, 6) is -1.37. The van der Waals surface area contributed by atoms with Gasteiger partial charge in [0.1, 0.15) is 17.2 Å². The van der Waals surface area contributed by atoms with E-state index in [4.69, 9.17) is 4.74 Å². The summed E-state index contributed by atoms with van der Waals surface area (Å²) in [6.07, 6.45) is 3.40. The second-order valence-corrected chi connectivity index (χ2v) is 6.77. The van der Waals surface area contributed by atoms with E-state index in [0.29, 0.717) is 11.3 Å². The number of hydrogen-bond donors (Lipinski definition) is 2. The molecule has 2 N–H and O–H groups in total. The molecule has 1 aromatic rings. The molecular formula is C18H18N2O5S. The quantitative estimate of drug-likeness (QED) is 0.731. The molecule has 26 heavy (non-hydrogen) atoms. The molecule has 3 rings (SSSR count). The Kier molecular flexibility index (Phi) is 5.32. The molecule has 0 aromatic heterocycles. The summed E-state index contributed by atoms with van der Waals surface area (Å²) in [4.78, 5) is 37.4. The molecule has 0 radical (unpaired) electrons. The summed E-state index contributed by atoms with van der Waals surface area (Å²) in [7, 11) is 0. The topological polar surface area (TPSA) is 95.9 Å². The molecule has 1 saturated heterocycles. The Labute approximate surface area is 154 Å². The van der Waals surface area contributed by atoms with E-state index >= 15 is 0 Å². The van der Waals surface area contributed by atoms with Crippen molar-refractivity contribution in [3.63, 3.8) is 0 Å². The fourth-order valence-corrected chi connectivity index (χ4v) is 4.08. The fourth-order valence-electron chi connectivity index (χ4n) is 2.88. The van der Waals surface area contributed by atoms with Crippen LogP contribution >= 0.6 is 11.8 Å².